The van der Waals surface area contributed by atoms with Crippen LogP contribution >= 0.6 is 11.6 Å². The number of halogens is 1. The van der Waals surface area contributed by atoms with Gasteiger partial charge in [0, 0.05) is 42.3 Å². The second-order valence-electron chi connectivity index (χ2n) is 10.4. The zero-order valence-corrected chi connectivity index (χ0v) is 22.2. The van der Waals surface area contributed by atoms with Crippen molar-refractivity contribution in [2.75, 3.05) is 31.5 Å². The van der Waals surface area contributed by atoms with Gasteiger partial charge in [0.1, 0.15) is 5.60 Å². The fourth-order valence-electron chi connectivity index (χ4n) is 4.41. The molecule has 0 aliphatic carbocycles. The van der Waals surface area contributed by atoms with Gasteiger partial charge < -0.3 is 20.4 Å². The average molecular weight is 513 g/mol. The maximum Gasteiger partial charge on any atom is 0.407 e. The number of carbonyl (C=O) groups excluding carboxylic acids is 1. The number of amides is 1. The summed E-state index contributed by atoms with van der Waals surface area (Å²) in [4.78, 5) is 26.5. The Labute approximate surface area is 218 Å². The molecular weight excluding hydrogens is 476 g/mol. The molecule has 1 amide bonds. The minimum atomic E-state index is -0.446. The van der Waals surface area contributed by atoms with Crippen molar-refractivity contribution < 1.29 is 9.53 Å². The highest BCUT2D eigenvalue weighted by atomic mass is 35.5. The predicted octanol–water partition coefficient (Wildman–Crippen LogP) is 5.85. The molecule has 36 heavy (non-hydrogen) atoms. The van der Waals surface area contributed by atoms with Crippen molar-refractivity contribution in [3.63, 3.8) is 0 Å². The highest BCUT2D eigenvalue weighted by molar-refractivity contribution is 6.33. The number of hydrogen-bond donors (Lipinski definition) is 3. The maximum absolute atomic E-state index is 11.6. The van der Waals surface area contributed by atoms with Crippen LogP contribution in [0.1, 0.15) is 52.9 Å². The minimum absolute atomic E-state index is 0.332. The smallest absolute Gasteiger partial charge is 0.407 e. The Morgan fingerprint density at radius 3 is 2.72 bits per heavy atom. The molecule has 8 nitrogen and oxygen atoms in total. The second-order valence-corrected chi connectivity index (χ2v) is 10.8. The van der Waals surface area contributed by atoms with Gasteiger partial charge in [-0.05, 0) is 46.2 Å². The van der Waals surface area contributed by atoms with E-state index in [0.29, 0.717) is 23.6 Å². The van der Waals surface area contributed by atoms with Crippen molar-refractivity contribution in [3.05, 3.63) is 41.7 Å². The van der Waals surface area contributed by atoms with E-state index in [4.69, 9.17) is 21.3 Å². The molecule has 1 aliphatic heterocycles. The quantitative estimate of drug-likeness (QED) is 0.279. The van der Waals surface area contributed by atoms with E-state index in [9.17, 15) is 4.79 Å². The molecule has 3 aromatic rings. The lowest BCUT2D eigenvalue weighted by atomic mass is 10.1. The van der Waals surface area contributed by atoms with Crippen LogP contribution in [-0.2, 0) is 4.74 Å². The molecule has 0 radical (unpaired) electrons. The van der Waals surface area contributed by atoms with Crippen molar-refractivity contribution >= 4 is 34.5 Å². The molecule has 0 atom stereocenters. The molecule has 1 fully saturated rings. The largest absolute Gasteiger partial charge is 0.444 e. The Balaban J connectivity index is 1.11. The molecule has 0 saturated carbocycles. The molecule has 1 aliphatic rings. The van der Waals surface area contributed by atoms with Crippen LogP contribution in [0.2, 0.25) is 5.02 Å². The van der Waals surface area contributed by atoms with Gasteiger partial charge in [-0.25, -0.2) is 14.8 Å². The molecule has 194 valence electrons. The molecule has 0 unspecified atom stereocenters. The highest BCUT2D eigenvalue weighted by Crippen LogP contribution is 2.32. The van der Waals surface area contributed by atoms with Crippen molar-refractivity contribution in [3.8, 4) is 11.3 Å². The van der Waals surface area contributed by atoms with Gasteiger partial charge in [0.2, 0.25) is 5.95 Å². The summed E-state index contributed by atoms with van der Waals surface area (Å²) in [5.74, 6) is 0.615. The second kappa shape index (κ2) is 11.9. The van der Waals surface area contributed by atoms with Gasteiger partial charge in [-0.15, -0.1) is 0 Å². The minimum Gasteiger partial charge on any atom is -0.444 e. The number of benzene rings is 1. The third kappa shape index (κ3) is 7.34. The summed E-state index contributed by atoms with van der Waals surface area (Å²) < 4.78 is 5.24. The zero-order valence-electron chi connectivity index (χ0n) is 21.4. The van der Waals surface area contributed by atoms with Crippen molar-refractivity contribution in [1.82, 2.24) is 25.2 Å². The number of alkyl carbamates (subject to hydrolysis) is 1. The van der Waals surface area contributed by atoms with Crippen LogP contribution in [0.5, 0.6) is 0 Å². The molecule has 2 aromatic heterocycles. The first-order valence-corrected chi connectivity index (χ1v) is 13.2. The Bertz CT molecular complexity index is 1150. The molecule has 3 heterocycles. The highest BCUT2D eigenvalue weighted by Gasteiger charge is 2.27. The molecule has 0 spiro atoms. The number of unbranched alkanes of at least 4 members (excludes halogenated alkanes) is 4. The zero-order chi connectivity index (χ0) is 25.5. The normalized spacial score (nSPS) is 14.6. The number of anilines is 1. The van der Waals surface area contributed by atoms with E-state index in [1.165, 1.54) is 19.3 Å². The van der Waals surface area contributed by atoms with Gasteiger partial charge in [0.05, 0.1) is 23.0 Å². The van der Waals surface area contributed by atoms with E-state index >= 15 is 0 Å². The fourth-order valence-corrected chi connectivity index (χ4v) is 4.61. The summed E-state index contributed by atoms with van der Waals surface area (Å²) in [5.41, 5.74) is 2.34. The van der Waals surface area contributed by atoms with Crippen LogP contribution in [0, 0.1) is 0 Å². The van der Waals surface area contributed by atoms with E-state index < -0.39 is 5.60 Å². The number of nitrogens with zero attached hydrogens (tertiary/aromatic N) is 3. The number of hydrogen-bond acceptors (Lipinski definition) is 6. The van der Waals surface area contributed by atoms with Crippen LogP contribution in [0.4, 0.5) is 10.7 Å². The summed E-state index contributed by atoms with van der Waals surface area (Å²) >= 11 is 6.44. The van der Waals surface area contributed by atoms with Gasteiger partial charge in [-0.2, -0.15) is 0 Å². The summed E-state index contributed by atoms with van der Waals surface area (Å²) in [6.07, 6.45) is 8.97. The molecule has 3 N–H and O–H groups in total. The summed E-state index contributed by atoms with van der Waals surface area (Å²) in [7, 11) is 0. The molecule has 1 saturated heterocycles. The predicted molar refractivity (Wildman–Crippen MR) is 146 cm³/mol. The third-order valence-electron chi connectivity index (χ3n) is 6.20. The molecule has 1 aromatic carbocycles. The van der Waals surface area contributed by atoms with E-state index in [2.05, 4.69) is 31.6 Å². The first kappa shape index (κ1) is 26.2. The van der Waals surface area contributed by atoms with E-state index in [1.807, 2.05) is 45.2 Å². The lowest BCUT2D eigenvalue weighted by Crippen LogP contribution is -2.55. The van der Waals surface area contributed by atoms with Gasteiger partial charge in [-0.3, -0.25) is 4.90 Å². The number of H-pyrrole nitrogens is 1. The number of nitrogens with one attached hydrogen (secondary N) is 3. The summed E-state index contributed by atoms with van der Waals surface area (Å²) in [5, 5.41) is 7.91. The third-order valence-corrected chi connectivity index (χ3v) is 6.47. The van der Waals surface area contributed by atoms with E-state index in [-0.39, 0.29) is 6.09 Å². The lowest BCUT2D eigenvalue weighted by Gasteiger charge is -2.39. The van der Waals surface area contributed by atoms with Crippen molar-refractivity contribution in [2.24, 2.45) is 0 Å². The monoisotopic (exact) mass is 512 g/mol. The summed E-state index contributed by atoms with van der Waals surface area (Å²) in [6, 6.07) is 8.48. The summed E-state index contributed by atoms with van der Waals surface area (Å²) in [6.45, 7) is 9.38. The van der Waals surface area contributed by atoms with Crippen molar-refractivity contribution in [2.45, 2.75) is 64.5 Å². The SMILES string of the molecule is CC(C)(C)OC(=O)NCCCCCCCN1CC(Nc2ncc(Cl)c(-c3c[nH]c4ccccc34)n2)C1. The Morgan fingerprint density at radius 1 is 1.17 bits per heavy atom. The van der Waals surface area contributed by atoms with Crippen LogP contribution in [-0.4, -0.2) is 63.8 Å². The van der Waals surface area contributed by atoms with Gasteiger partial charge in [0.25, 0.3) is 0 Å². The number of fused-ring (bicyclic) bond motifs is 1. The van der Waals surface area contributed by atoms with Gasteiger partial charge >= 0.3 is 6.09 Å². The van der Waals surface area contributed by atoms with Crippen LogP contribution in [0.25, 0.3) is 22.2 Å². The number of likely N-dealkylation sites (tertiary alicyclic amines) is 1. The number of carbonyl (C=O) groups is 1. The molecule has 0 bridgehead atoms. The number of aromatic nitrogens is 3. The first-order valence-electron chi connectivity index (χ1n) is 12.8. The van der Waals surface area contributed by atoms with Crippen molar-refractivity contribution in [1.29, 1.82) is 0 Å². The standard InChI is InChI=1S/C27H37ClN6O2/c1-27(2,3)36-26(35)29-13-9-5-4-6-10-14-34-17-19(18-34)32-25-31-16-22(28)24(33-25)21-15-30-23-12-8-7-11-20(21)23/h7-8,11-12,15-16,19,30H,4-6,9-10,13-14,17-18H2,1-3H3,(H,29,35)(H,31,32,33). The fraction of sp³-hybridized carbons (Fsp3) is 0.519. The first-order chi connectivity index (χ1) is 17.3. The Hall–Kier alpha value is -2.84. The molecular formula is C27H37ClN6O2. The van der Waals surface area contributed by atoms with E-state index in [1.54, 1.807) is 6.20 Å². The number of rotatable bonds is 11. The van der Waals surface area contributed by atoms with E-state index in [0.717, 1.165) is 54.6 Å². The maximum atomic E-state index is 11.6. The number of ether oxygens (including phenoxy) is 1. The average Bonchev–Trinajstić information content (AvgIpc) is 3.22. The number of aromatic amines is 1. The molecule has 4 rings (SSSR count). The Kier molecular flexibility index (Phi) is 8.69. The van der Waals surface area contributed by atoms with Crippen LogP contribution < -0.4 is 10.6 Å². The topological polar surface area (TPSA) is 95.2 Å². The van der Waals surface area contributed by atoms with Gasteiger partial charge in [0.15, 0.2) is 0 Å². The number of para-hydroxylation sites is 1. The Morgan fingerprint density at radius 2 is 1.92 bits per heavy atom. The van der Waals surface area contributed by atoms with Gasteiger partial charge in [-0.1, -0.05) is 49.1 Å². The molecule has 9 heteroatoms. The van der Waals surface area contributed by atoms with Crippen LogP contribution in [0.3, 0.4) is 0 Å². The van der Waals surface area contributed by atoms with Crippen LogP contribution in [0.15, 0.2) is 36.7 Å². The lowest BCUT2D eigenvalue weighted by molar-refractivity contribution is 0.0527.